The van der Waals surface area contributed by atoms with E-state index in [4.69, 9.17) is 4.42 Å². The summed E-state index contributed by atoms with van der Waals surface area (Å²) < 4.78 is 5.78. The fraction of sp³-hybridized carbons (Fsp3) is 0.778. The Hall–Kier alpha value is -0.830. The predicted molar refractivity (Wildman–Crippen MR) is 116 cm³/mol. The molecule has 0 atom stereocenters. The molecule has 0 aliphatic rings. The van der Waals surface area contributed by atoms with E-state index in [-0.39, 0.29) is 29.4 Å². The highest BCUT2D eigenvalue weighted by Crippen LogP contribution is 2.22. The third-order valence-electron chi connectivity index (χ3n) is 4.01. The molecule has 2 N–H and O–H groups in total. The van der Waals surface area contributed by atoms with Crippen molar-refractivity contribution in [3.8, 4) is 0 Å². The zero-order valence-electron chi connectivity index (χ0n) is 16.7. The molecule has 0 aliphatic carbocycles. The normalized spacial score (nSPS) is 12.2. The van der Waals surface area contributed by atoms with Crippen molar-refractivity contribution in [3.63, 3.8) is 0 Å². The van der Waals surface area contributed by atoms with Crippen LogP contribution in [0, 0.1) is 0 Å². The molecule has 0 fully saturated rings. The second kappa shape index (κ2) is 12.5. The van der Waals surface area contributed by atoms with E-state index < -0.39 is 0 Å². The molecule has 0 saturated carbocycles. The SMILES string of the molecule is CCN(CC)CCCCNC(=NC)NCc1ncc(C(C)(C)C)o1.I. The zero-order chi connectivity index (χ0) is 18.0. The summed E-state index contributed by atoms with van der Waals surface area (Å²) in [5.74, 6) is 2.37. The topological polar surface area (TPSA) is 65.7 Å². The Morgan fingerprint density at radius 2 is 1.88 bits per heavy atom. The second-order valence-corrected chi connectivity index (χ2v) is 6.95. The lowest BCUT2D eigenvalue weighted by molar-refractivity contribution is 0.297. The van der Waals surface area contributed by atoms with E-state index in [2.05, 4.69) is 60.1 Å². The van der Waals surface area contributed by atoms with E-state index >= 15 is 0 Å². The van der Waals surface area contributed by atoms with Crippen LogP contribution in [0.3, 0.4) is 0 Å². The molecule has 6 nitrogen and oxygen atoms in total. The summed E-state index contributed by atoms with van der Waals surface area (Å²) in [6.45, 7) is 15.6. The van der Waals surface area contributed by atoms with Crippen LogP contribution in [-0.4, -0.2) is 49.1 Å². The highest BCUT2D eigenvalue weighted by atomic mass is 127. The second-order valence-electron chi connectivity index (χ2n) is 6.95. The standard InChI is InChI=1S/C18H35N5O.HI/c1-7-23(8-2)12-10-9-11-20-17(19-6)22-14-16-21-13-15(24-16)18(3,4)5;/h13H,7-12,14H2,1-6H3,(H2,19,20,22);1H. The largest absolute Gasteiger partial charge is 0.443 e. The summed E-state index contributed by atoms with van der Waals surface area (Å²) in [5.41, 5.74) is -0.0178. The van der Waals surface area contributed by atoms with Crippen LogP contribution in [0.25, 0.3) is 0 Å². The molecule has 1 heterocycles. The van der Waals surface area contributed by atoms with E-state index in [1.54, 1.807) is 13.2 Å². The predicted octanol–water partition coefficient (Wildman–Crippen LogP) is 3.38. The monoisotopic (exact) mass is 465 g/mol. The molecular weight excluding hydrogens is 429 g/mol. The number of halogens is 1. The number of aromatic nitrogens is 1. The van der Waals surface area contributed by atoms with Gasteiger partial charge in [0, 0.05) is 19.0 Å². The number of hydrogen-bond acceptors (Lipinski definition) is 4. The lowest BCUT2D eigenvalue weighted by atomic mass is 9.94. The molecule has 0 bridgehead atoms. The molecule has 25 heavy (non-hydrogen) atoms. The Morgan fingerprint density at radius 3 is 2.40 bits per heavy atom. The van der Waals surface area contributed by atoms with Crippen molar-refractivity contribution >= 4 is 29.9 Å². The summed E-state index contributed by atoms with van der Waals surface area (Å²) in [6.07, 6.45) is 4.13. The molecule has 1 rings (SSSR count). The molecule has 0 unspecified atom stereocenters. The van der Waals surface area contributed by atoms with E-state index in [1.165, 1.54) is 6.42 Å². The third kappa shape index (κ3) is 9.44. The Balaban J connectivity index is 0.00000576. The smallest absolute Gasteiger partial charge is 0.213 e. The first-order valence-electron chi connectivity index (χ1n) is 9.02. The van der Waals surface area contributed by atoms with Crippen molar-refractivity contribution in [2.75, 3.05) is 33.2 Å². The van der Waals surface area contributed by atoms with Crippen LogP contribution in [-0.2, 0) is 12.0 Å². The van der Waals surface area contributed by atoms with Crippen LogP contribution in [0.5, 0.6) is 0 Å². The maximum atomic E-state index is 5.78. The highest BCUT2D eigenvalue weighted by Gasteiger charge is 2.19. The van der Waals surface area contributed by atoms with Gasteiger partial charge >= 0.3 is 0 Å². The number of nitrogens with zero attached hydrogens (tertiary/aromatic N) is 3. The number of hydrogen-bond donors (Lipinski definition) is 2. The molecule has 0 saturated heterocycles. The molecule has 0 aliphatic heterocycles. The number of unbranched alkanes of at least 4 members (excludes halogenated alkanes) is 1. The first kappa shape index (κ1) is 24.2. The Bertz CT molecular complexity index is 492. The average molecular weight is 465 g/mol. The van der Waals surface area contributed by atoms with Gasteiger partial charge in [-0.3, -0.25) is 4.99 Å². The van der Waals surface area contributed by atoms with Crippen LogP contribution < -0.4 is 10.6 Å². The van der Waals surface area contributed by atoms with Gasteiger partial charge in [-0.15, -0.1) is 24.0 Å². The van der Waals surface area contributed by atoms with Gasteiger partial charge in [-0.05, 0) is 32.5 Å². The lowest BCUT2D eigenvalue weighted by Gasteiger charge is -2.17. The van der Waals surface area contributed by atoms with E-state index in [0.717, 1.165) is 44.3 Å². The van der Waals surface area contributed by atoms with Gasteiger partial charge < -0.3 is 20.0 Å². The van der Waals surface area contributed by atoms with Crippen LogP contribution in [0.4, 0.5) is 0 Å². The summed E-state index contributed by atoms with van der Waals surface area (Å²) in [6, 6.07) is 0. The molecular formula is C18H36IN5O. The molecule has 1 aromatic heterocycles. The minimum atomic E-state index is -0.0178. The fourth-order valence-corrected chi connectivity index (χ4v) is 2.33. The summed E-state index contributed by atoms with van der Waals surface area (Å²) in [4.78, 5) is 11.0. The number of guanidine groups is 1. The van der Waals surface area contributed by atoms with Gasteiger partial charge in [-0.25, -0.2) is 4.98 Å². The maximum absolute atomic E-state index is 5.78. The van der Waals surface area contributed by atoms with Gasteiger partial charge in [0.05, 0.1) is 12.7 Å². The number of nitrogens with one attached hydrogen (secondary N) is 2. The van der Waals surface area contributed by atoms with Gasteiger partial charge in [0.2, 0.25) is 5.89 Å². The molecule has 0 spiro atoms. The van der Waals surface area contributed by atoms with Gasteiger partial charge in [-0.1, -0.05) is 34.6 Å². The third-order valence-corrected chi connectivity index (χ3v) is 4.01. The average Bonchev–Trinajstić information content (AvgIpc) is 3.03. The fourth-order valence-electron chi connectivity index (χ4n) is 2.33. The Labute approximate surface area is 170 Å². The van der Waals surface area contributed by atoms with Gasteiger partial charge in [0.15, 0.2) is 5.96 Å². The number of aliphatic imine (C=N–C) groups is 1. The first-order chi connectivity index (χ1) is 11.4. The zero-order valence-corrected chi connectivity index (χ0v) is 19.0. The van der Waals surface area contributed by atoms with Crippen molar-refractivity contribution < 1.29 is 4.42 Å². The molecule has 0 radical (unpaired) electrons. The van der Waals surface area contributed by atoms with Crippen molar-refractivity contribution in [3.05, 3.63) is 17.8 Å². The van der Waals surface area contributed by atoms with Crippen molar-refractivity contribution in [2.24, 2.45) is 4.99 Å². The molecule has 0 amide bonds. The maximum Gasteiger partial charge on any atom is 0.213 e. The van der Waals surface area contributed by atoms with E-state index in [0.29, 0.717) is 12.4 Å². The van der Waals surface area contributed by atoms with Gasteiger partial charge in [0.1, 0.15) is 5.76 Å². The first-order valence-corrected chi connectivity index (χ1v) is 9.02. The van der Waals surface area contributed by atoms with Crippen LogP contribution in [0.15, 0.2) is 15.6 Å². The minimum Gasteiger partial charge on any atom is -0.443 e. The van der Waals surface area contributed by atoms with E-state index in [1.807, 2.05) is 0 Å². The Kier molecular flexibility index (Phi) is 12.1. The minimum absolute atomic E-state index is 0. The summed E-state index contributed by atoms with van der Waals surface area (Å²) >= 11 is 0. The van der Waals surface area contributed by atoms with Gasteiger partial charge in [-0.2, -0.15) is 0 Å². The van der Waals surface area contributed by atoms with Crippen molar-refractivity contribution in [1.82, 2.24) is 20.5 Å². The van der Waals surface area contributed by atoms with Crippen molar-refractivity contribution in [1.29, 1.82) is 0 Å². The molecule has 7 heteroatoms. The van der Waals surface area contributed by atoms with Crippen LogP contribution in [0.1, 0.15) is 59.1 Å². The quantitative estimate of drug-likeness (QED) is 0.253. The molecule has 146 valence electrons. The van der Waals surface area contributed by atoms with E-state index in [9.17, 15) is 0 Å². The van der Waals surface area contributed by atoms with Crippen LogP contribution in [0.2, 0.25) is 0 Å². The van der Waals surface area contributed by atoms with Crippen molar-refractivity contribution in [2.45, 2.75) is 59.4 Å². The molecule has 0 aromatic carbocycles. The number of rotatable bonds is 9. The highest BCUT2D eigenvalue weighted by molar-refractivity contribution is 14.0. The van der Waals surface area contributed by atoms with Gasteiger partial charge in [0.25, 0.3) is 0 Å². The summed E-state index contributed by atoms with van der Waals surface area (Å²) in [7, 11) is 1.78. The number of oxazole rings is 1. The van der Waals surface area contributed by atoms with Crippen LogP contribution >= 0.6 is 24.0 Å². The summed E-state index contributed by atoms with van der Waals surface area (Å²) in [5, 5.41) is 6.58. The lowest BCUT2D eigenvalue weighted by Crippen LogP contribution is -2.37. The Morgan fingerprint density at radius 1 is 1.20 bits per heavy atom. The molecule has 1 aromatic rings.